The molecule has 2 heterocycles. The van der Waals surface area contributed by atoms with Crippen molar-refractivity contribution in [1.29, 1.82) is 0 Å². The third kappa shape index (κ3) is 3.87. The molecule has 0 spiro atoms. The van der Waals surface area contributed by atoms with Gasteiger partial charge in [0, 0.05) is 11.8 Å². The van der Waals surface area contributed by atoms with Crippen LogP contribution in [0.2, 0.25) is 0 Å². The van der Waals surface area contributed by atoms with Crippen molar-refractivity contribution < 1.29 is 9.84 Å². The molecule has 3 rings (SSSR count). The third-order valence-corrected chi connectivity index (χ3v) is 3.81. The van der Waals surface area contributed by atoms with Crippen LogP contribution in [0.15, 0.2) is 47.7 Å². The Morgan fingerprint density at radius 1 is 1.22 bits per heavy atom. The van der Waals surface area contributed by atoms with Crippen LogP contribution >= 0.6 is 0 Å². The number of hydrogen-bond acceptors (Lipinski definition) is 5. The number of ether oxygens (including phenoxy) is 1. The van der Waals surface area contributed by atoms with E-state index in [4.69, 9.17) is 4.74 Å². The third-order valence-electron chi connectivity index (χ3n) is 3.81. The van der Waals surface area contributed by atoms with Gasteiger partial charge >= 0.3 is 0 Å². The summed E-state index contributed by atoms with van der Waals surface area (Å²) in [5.74, 6) is 1.38. The lowest BCUT2D eigenvalue weighted by atomic mass is 10.1. The summed E-state index contributed by atoms with van der Waals surface area (Å²) in [6, 6.07) is 9.88. The lowest BCUT2D eigenvalue weighted by Crippen LogP contribution is -2.26. The molecule has 0 fully saturated rings. The Morgan fingerprint density at radius 3 is 2.83 bits per heavy atom. The number of aromatic nitrogens is 1. The summed E-state index contributed by atoms with van der Waals surface area (Å²) >= 11 is 0. The van der Waals surface area contributed by atoms with Crippen molar-refractivity contribution in [3.63, 3.8) is 0 Å². The standard InChI is InChI=1S/C18H21N3O2/c1-2-3-4-13-5-7-14(8-6-13)23-12-17-20-16-11-19-10-9-15(16)18(22)21-17/h5-11,18,22H,2-4,12H2,1H3,(H,20,21). The van der Waals surface area contributed by atoms with E-state index in [1.54, 1.807) is 18.5 Å². The molecule has 1 unspecified atom stereocenters. The number of nitrogens with one attached hydrogen (secondary N) is 1. The minimum Gasteiger partial charge on any atom is -0.486 e. The molecule has 0 radical (unpaired) electrons. The van der Waals surface area contributed by atoms with Crippen LogP contribution < -0.4 is 10.1 Å². The number of anilines is 1. The van der Waals surface area contributed by atoms with Crippen molar-refractivity contribution in [3.05, 3.63) is 53.9 Å². The number of nitrogens with zero attached hydrogens (tertiary/aromatic N) is 2. The second kappa shape index (κ2) is 7.24. The fourth-order valence-electron chi connectivity index (χ4n) is 2.50. The molecular formula is C18H21N3O2. The summed E-state index contributed by atoms with van der Waals surface area (Å²) in [5.41, 5.74) is 2.82. The quantitative estimate of drug-likeness (QED) is 0.859. The summed E-state index contributed by atoms with van der Waals surface area (Å²) in [4.78, 5) is 8.25. The zero-order chi connectivity index (χ0) is 16.1. The Kier molecular flexibility index (Phi) is 4.88. The first-order valence-corrected chi connectivity index (χ1v) is 7.93. The van der Waals surface area contributed by atoms with Crippen LogP contribution in [0.4, 0.5) is 5.69 Å². The predicted octanol–water partition coefficient (Wildman–Crippen LogP) is 3.32. The summed E-state index contributed by atoms with van der Waals surface area (Å²) in [7, 11) is 0. The van der Waals surface area contributed by atoms with Crippen molar-refractivity contribution in [2.45, 2.75) is 32.4 Å². The molecule has 1 aromatic heterocycles. The van der Waals surface area contributed by atoms with E-state index in [-0.39, 0.29) is 6.61 Å². The summed E-state index contributed by atoms with van der Waals surface area (Å²) < 4.78 is 5.74. The van der Waals surface area contributed by atoms with Gasteiger partial charge in [-0.15, -0.1) is 0 Å². The highest BCUT2D eigenvalue weighted by molar-refractivity contribution is 5.98. The molecule has 120 valence electrons. The van der Waals surface area contributed by atoms with Crippen molar-refractivity contribution >= 4 is 11.5 Å². The molecule has 5 heteroatoms. The smallest absolute Gasteiger partial charge is 0.175 e. The first kappa shape index (κ1) is 15.5. The Bertz CT molecular complexity index is 683. The van der Waals surface area contributed by atoms with Gasteiger partial charge in [-0.25, -0.2) is 4.99 Å². The molecule has 23 heavy (non-hydrogen) atoms. The molecule has 2 aromatic rings. The maximum absolute atomic E-state index is 10.0. The molecule has 0 saturated carbocycles. The Hall–Kier alpha value is -2.40. The van der Waals surface area contributed by atoms with Crippen molar-refractivity contribution in [1.82, 2.24) is 4.98 Å². The topological polar surface area (TPSA) is 66.7 Å². The second-order valence-corrected chi connectivity index (χ2v) is 5.57. The highest BCUT2D eigenvalue weighted by Gasteiger charge is 2.19. The van der Waals surface area contributed by atoms with E-state index < -0.39 is 6.23 Å². The van der Waals surface area contributed by atoms with Crippen molar-refractivity contribution in [3.8, 4) is 5.75 Å². The lowest BCUT2D eigenvalue weighted by Gasteiger charge is -2.21. The maximum Gasteiger partial charge on any atom is 0.175 e. The molecule has 5 nitrogen and oxygen atoms in total. The van der Waals surface area contributed by atoms with Crippen LogP contribution in [0.3, 0.4) is 0 Å². The van der Waals surface area contributed by atoms with E-state index in [1.807, 2.05) is 12.1 Å². The summed E-state index contributed by atoms with van der Waals surface area (Å²) in [6.45, 7) is 2.47. The van der Waals surface area contributed by atoms with Gasteiger partial charge in [0.1, 0.15) is 18.2 Å². The van der Waals surface area contributed by atoms with E-state index in [2.05, 4.69) is 34.3 Å². The SMILES string of the molecule is CCCCc1ccc(OCC2=NC(O)c3ccncc3N2)cc1. The van der Waals surface area contributed by atoms with Crippen LogP contribution in [-0.4, -0.2) is 22.5 Å². The van der Waals surface area contributed by atoms with Gasteiger partial charge in [-0.2, -0.15) is 0 Å². The average Bonchev–Trinajstić information content (AvgIpc) is 2.59. The minimum absolute atomic E-state index is 0.277. The van der Waals surface area contributed by atoms with Crippen LogP contribution in [0, 0.1) is 0 Å². The van der Waals surface area contributed by atoms with Gasteiger partial charge in [0.15, 0.2) is 6.23 Å². The fraction of sp³-hybridized carbons (Fsp3) is 0.333. The summed E-state index contributed by atoms with van der Waals surface area (Å²) in [6.07, 6.45) is 5.94. The summed E-state index contributed by atoms with van der Waals surface area (Å²) in [5, 5.41) is 13.2. The van der Waals surface area contributed by atoms with Crippen LogP contribution in [0.5, 0.6) is 5.75 Å². The first-order chi connectivity index (χ1) is 11.3. The number of aliphatic hydroxyl groups excluding tert-OH is 1. The molecule has 0 saturated heterocycles. The Balaban J connectivity index is 1.59. The normalized spacial score (nSPS) is 16.3. The van der Waals surface area contributed by atoms with E-state index in [9.17, 15) is 5.11 Å². The van der Waals surface area contributed by atoms with Gasteiger partial charge in [-0.3, -0.25) is 4.98 Å². The maximum atomic E-state index is 10.0. The molecule has 1 aromatic carbocycles. The van der Waals surface area contributed by atoms with Crippen LogP contribution in [0.25, 0.3) is 0 Å². The second-order valence-electron chi connectivity index (χ2n) is 5.57. The minimum atomic E-state index is -0.871. The number of fused-ring (bicyclic) bond motifs is 1. The van der Waals surface area contributed by atoms with E-state index in [1.165, 1.54) is 18.4 Å². The molecule has 1 aliphatic rings. The van der Waals surface area contributed by atoms with Gasteiger partial charge in [-0.05, 0) is 36.6 Å². The number of aliphatic imine (C=N–C) groups is 1. The van der Waals surface area contributed by atoms with Crippen LogP contribution in [0.1, 0.15) is 37.1 Å². The molecular weight excluding hydrogens is 290 g/mol. The Labute approximate surface area is 136 Å². The van der Waals surface area contributed by atoms with Crippen molar-refractivity contribution in [2.24, 2.45) is 4.99 Å². The molecule has 1 aliphatic heterocycles. The number of aliphatic hydroxyl groups is 1. The van der Waals surface area contributed by atoms with Crippen LogP contribution in [-0.2, 0) is 6.42 Å². The molecule has 2 N–H and O–H groups in total. The highest BCUT2D eigenvalue weighted by Crippen LogP contribution is 2.26. The lowest BCUT2D eigenvalue weighted by molar-refractivity contribution is 0.187. The first-order valence-electron chi connectivity index (χ1n) is 7.93. The van der Waals surface area contributed by atoms with Gasteiger partial charge in [0.05, 0.1) is 11.9 Å². The van der Waals surface area contributed by atoms with Crippen molar-refractivity contribution in [2.75, 3.05) is 11.9 Å². The molecule has 1 atom stereocenters. The molecule has 0 aliphatic carbocycles. The van der Waals surface area contributed by atoms with E-state index in [0.717, 1.165) is 23.4 Å². The van der Waals surface area contributed by atoms with E-state index >= 15 is 0 Å². The van der Waals surface area contributed by atoms with Gasteiger partial charge < -0.3 is 15.2 Å². The zero-order valence-corrected chi connectivity index (χ0v) is 13.2. The number of amidine groups is 1. The number of unbranched alkanes of at least 4 members (excludes halogenated alkanes) is 1. The fourth-order valence-corrected chi connectivity index (χ4v) is 2.50. The monoisotopic (exact) mass is 311 g/mol. The van der Waals surface area contributed by atoms with Gasteiger partial charge in [0.2, 0.25) is 0 Å². The Morgan fingerprint density at radius 2 is 2.04 bits per heavy atom. The largest absolute Gasteiger partial charge is 0.486 e. The predicted molar refractivity (Wildman–Crippen MR) is 90.8 cm³/mol. The number of aryl methyl sites for hydroxylation is 1. The molecule has 0 amide bonds. The highest BCUT2D eigenvalue weighted by atomic mass is 16.5. The van der Waals surface area contributed by atoms with Gasteiger partial charge in [0.25, 0.3) is 0 Å². The number of benzene rings is 1. The number of pyridine rings is 1. The zero-order valence-electron chi connectivity index (χ0n) is 13.2. The van der Waals surface area contributed by atoms with Gasteiger partial charge in [-0.1, -0.05) is 25.5 Å². The van der Waals surface area contributed by atoms with E-state index in [0.29, 0.717) is 5.84 Å². The number of hydrogen-bond donors (Lipinski definition) is 2. The molecule has 0 bridgehead atoms. The average molecular weight is 311 g/mol. The number of rotatable bonds is 6.